The fourth-order valence-corrected chi connectivity index (χ4v) is 3.31. The van der Waals surface area contributed by atoms with E-state index in [0.717, 1.165) is 25.9 Å². The average Bonchev–Trinajstić information content (AvgIpc) is 3.30. The minimum atomic E-state index is -0.329. The minimum absolute atomic E-state index is 0.102. The van der Waals surface area contributed by atoms with Crippen LogP contribution < -0.4 is 20.7 Å². The molecule has 0 bridgehead atoms. The topological polar surface area (TPSA) is 88.7 Å². The molecule has 0 saturated carbocycles. The van der Waals surface area contributed by atoms with Crippen molar-refractivity contribution in [1.29, 1.82) is 0 Å². The predicted octanol–water partition coefficient (Wildman–Crippen LogP) is 3.51. The average molecular weight is 442 g/mol. The minimum Gasteiger partial charge on any atom is -0.494 e. The SMILES string of the molecule is CCCOc1cccc(C(=O)NC(=S)Nc2ccc(C(=O)NCC3CCCO3)cc2)c1. The standard InChI is InChI=1S/C23H27N3O4S/c1-2-12-29-19-6-3-5-17(14-19)22(28)26-23(31)25-18-10-8-16(9-11-18)21(27)24-15-20-7-4-13-30-20/h3,5-6,8-11,14,20H,2,4,7,12-13,15H2,1H3,(H,24,27)(H2,25,26,28,31). The molecule has 1 atom stereocenters. The number of carbonyl (C=O) groups excluding carboxylic acids is 2. The van der Waals surface area contributed by atoms with Gasteiger partial charge in [0.1, 0.15) is 5.75 Å². The number of carbonyl (C=O) groups is 2. The van der Waals surface area contributed by atoms with Crippen molar-refractivity contribution in [2.75, 3.05) is 25.1 Å². The molecule has 3 N–H and O–H groups in total. The number of benzene rings is 2. The van der Waals surface area contributed by atoms with Crippen LogP contribution in [0.3, 0.4) is 0 Å². The van der Waals surface area contributed by atoms with Crippen molar-refractivity contribution >= 4 is 34.8 Å². The van der Waals surface area contributed by atoms with Gasteiger partial charge in [-0.3, -0.25) is 14.9 Å². The Kier molecular flexibility index (Phi) is 8.37. The molecule has 2 amide bonds. The van der Waals surface area contributed by atoms with Gasteiger partial charge in [-0.2, -0.15) is 0 Å². The lowest BCUT2D eigenvalue weighted by Gasteiger charge is -2.12. The molecule has 7 nitrogen and oxygen atoms in total. The highest BCUT2D eigenvalue weighted by Crippen LogP contribution is 2.14. The Bertz CT molecular complexity index is 911. The van der Waals surface area contributed by atoms with E-state index in [1.54, 1.807) is 42.5 Å². The van der Waals surface area contributed by atoms with Gasteiger partial charge in [0.05, 0.1) is 12.7 Å². The molecule has 2 aromatic carbocycles. The van der Waals surface area contributed by atoms with Gasteiger partial charge in [-0.1, -0.05) is 13.0 Å². The fraction of sp³-hybridized carbons (Fsp3) is 0.348. The molecular formula is C23H27N3O4S. The van der Waals surface area contributed by atoms with Gasteiger partial charge in [0.15, 0.2) is 5.11 Å². The molecular weight excluding hydrogens is 414 g/mol. The summed E-state index contributed by atoms with van der Waals surface area (Å²) in [7, 11) is 0. The summed E-state index contributed by atoms with van der Waals surface area (Å²) in [6.45, 7) is 3.88. The number of nitrogens with one attached hydrogen (secondary N) is 3. The van der Waals surface area contributed by atoms with Crippen molar-refractivity contribution in [3.05, 3.63) is 59.7 Å². The van der Waals surface area contributed by atoms with E-state index < -0.39 is 0 Å². The first-order valence-electron chi connectivity index (χ1n) is 10.4. The fourth-order valence-electron chi connectivity index (χ4n) is 3.10. The zero-order chi connectivity index (χ0) is 22.1. The number of thiocarbonyl (C=S) groups is 1. The molecule has 1 aliphatic heterocycles. The first-order chi connectivity index (χ1) is 15.0. The van der Waals surface area contributed by atoms with E-state index in [2.05, 4.69) is 16.0 Å². The number of rotatable bonds is 8. The molecule has 0 radical (unpaired) electrons. The van der Waals surface area contributed by atoms with Gasteiger partial charge in [-0.05, 0) is 73.9 Å². The van der Waals surface area contributed by atoms with Crippen LogP contribution in [0.1, 0.15) is 46.9 Å². The zero-order valence-electron chi connectivity index (χ0n) is 17.5. The summed E-state index contributed by atoms with van der Waals surface area (Å²) in [5.74, 6) is 0.161. The molecule has 0 aliphatic carbocycles. The van der Waals surface area contributed by atoms with Crippen molar-refractivity contribution < 1.29 is 19.1 Å². The highest BCUT2D eigenvalue weighted by molar-refractivity contribution is 7.80. The van der Waals surface area contributed by atoms with Crippen molar-refractivity contribution in [2.24, 2.45) is 0 Å². The van der Waals surface area contributed by atoms with Gasteiger partial charge in [0, 0.05) is 30.0 Å². The summed E-state index contributed by atoms with van der Waals surface area (Å²) in [5.41, 5.74) is 1.67. The van der Waals surface area contributed by atoms with E-state index in [0.29, 0.717) is 35.7 Å². The predicted molar refractivity (Wildman–Crippen MR) is 124 cm³/mol. The summed E-state index contributed by atoms with van der Waals surface area (Å²) in [5, 5.41) is 8.65. The molecule has 1 fully saturated rings. The van der Waals surface area contributed by atoms with Crippen molar-refractivity contribution in [1.82, 2.24) is 10.6 Å². The largest absolute Gasteiger partial charge is 0.494 e. The van der Waals surface area contributed by atoms with Crippen LogP contribution in [0.5, 0.6) is 5.75 Å². The first-order valence-corrected chi connectivity index (χ1v) is 10.8. The Labute approximate surface area is 187 Å². The number of anilines is 1. The third kappa shape index (κ3) is 7.04. The Morgan fingerprint density at radius 3 is 2.65 bits per heavy atom. The van der Waals surface area contributed by atoms with Crippen LogP contribution in [0.4, 0.5) is 5.69 Å². The molecule has 1 heterocycles. The summed E-state index contributed by atoms with van der Waals surface area (Å²) in [6, 6.07) is 13.8. The summed E-state index contributed by atoms with van der Waals surface area (Å²) < 4.78 is 11.1. The summed E-state index contributed by atoms with van der Waals surface area (Å²) in [4.78, 5) is 24.7. The van der Waals surface area contributed by atoms with E-state index in [-0.39, 0.29) is 23.0 Å². The van der Waals surface area contributed by atoms with Crippen LogP contribution in [0.25, 0.3) is 0 Å². The van der Waals surface area contributed by atoms with Crippen LogP contribution in [0.2, 0.25) is 0 Å². The van der Waals surface area contributed by atoms with Gasteiger partial charge in [0.2, 0.25) is 0 Å². The van der Waals surface area contributed by atoms with E-state index in [9.17, 15) is 9.59 Å². The molecule has 3 rings (SSSR count). The first kappa shape index (κ1) is 22.7. The van der Waals surface area contributed by atoms with Crippen LogP contribution in [0, 0.1) is 0 Å². The van der Waals surface area contributed by atoms with E-state index in [1.807, 2.05) is 13.0 Å². The second kappa shape index (κ2) is 11.4. The van der Waals surface area contributed by atoms with Gasteiger partial charge in [0.25, 0.3) is 11.8 Å². The van der Waals surface area contributed by atoms with Crippen molar-refractivity contribution in [3.8, 4) is 5.75 Å². The summed E-state index contributed by atoms with van der Waals surface area (Å²) >= 11 is 5.23. The Morgan fingerprint density at radius 1 is 1.13 bits per heavy atom. The number of ether oxygens (including phenoxy) is 2. The quantitative estimate of drug-likeness (QED) is 0.544. The smallest absolute Gasteiger partial charge is 0.257 e. The highest BCUT2D eigenvalue weighted by atomic mass is 32.1. The number of amides is 2. The lowest BCUT2D eigenvalue weighted by molar-refractivity contribution is 0.0857. The number of hydrogen-bond acceptors (Lipinski definition) is 5. The van der Waals surface area contributed by atoms with Crippen LogP contribution >= 0.6 is 12.2 Å². The van der Waals surface area contributed by atoms with Gasteiger partial charge in [-0.25, -0.2) is 0 Å². The molecule has 8 heteroatoms. The molecule has 0 aromatic heterocycles. The van der Waals surface area contributed by atoms with Gasteiger partial charge in [-0.15, -0.1) is 0 Å². The van der Waals surface area contributed by atoms with E-state index >= 15 is 0 Å². The molecule has 1 aliphatic rings. The second-order valence-electron chi connectivity index (χ2n) is 7.21. The zero-order valence-corrected chi connectivity index (χ0v) is 18.3. The van der Waals surface area contributed by atoms with Crippen LogP contribution in [-0.2, 0) is 4.74 Å². The monoisotopic (exact) mass is 441 g/mol. The van der Waals surface area contributed by atoms with E-state index in [4.69, 9.17) is 21.7 Å². The normalized spacial score (nSPS) is 15.2. The maximum atomic E-state index is 12.4. The molecule has 1 saturated heterocycles. The molecule has 31 heavy (non-hydrogen) atoms. The molecule has 0 spiro atoms. The van der Waals surface area contributed by atoms with Crippen LogP contribution in [-0.4, -0.2) is 42.8 Å². The Morgan fingerprint density at radius 2 is 1.94 bits per heavy atom. The maximum Gasteiger partial charge on any atom is 0.257 e. The Hall–Kier alpha value is -2.97. The van der Waals surface area contributed by atoms with Crippen molar-refractivity contribution in [3.63, 3.8) is 0 Å². The maximum absolute atomic E-state index is 12.4. The van der Waals surface area contributed by atoms with Crippen molar-refractivity contribution in [2.45, 2.75) is 32.3 Å². The second-order valence-corrected chi connectivity index (χ2v) is 7.62. The third-order valence-electron chi connectivity index (χ3n) is 4.72. The summed E-state index contributed by atoms with van der Waals surface area (Å²) in [6.07, 6.45) is 3.00. The molecule has 1 unspecified atom stereocenters. The molecule has 2 aromatic rings. The lowest BCUT2D eigenvalue weighted by atomic mass is 10.2. The number of hydrogen-bond donors (Lipinski definition) is 3. The van der Waals surface area contributed by atoms with E-state index in [1.165, 1.54) is 0 Å². The van der Waals surface area contributed by atoms with Gasteiger partial charge < -0.3 is 20.1 Å². The lowest BCUT2D eigenvalue weighted by Crippen LogP contribution is -2.34. The van der Waals surface area contributed by atoms with Crippen LogP contribution in [0.15, 0.2) is 48.5 Å². The highest BCUT2D eigenvalue weighted by Gasteiger charge is 2.16. The molecule has 164 valence electrons. The van der Waals surface area contributed by atoms with Gasteiger partial charge >= 0.3 is 0 Å². The third-order valence-corrected chi connectivity index (χ3v) is 4.92. The Balaban J connectivity index is 1.48.